The smallest absolute Gasteiger partial charge is 0.119 e. The largest absolute Gasteiger partial charge is 0.497 e. The van der Waals surface area contributed by atoms with Crippen molar-refractivity contribution in [2.24, 2.45) is 0 Å². The van der Waals surface area contributed by atoms with Gasteiger partial charge >= 0.3 is 0 Å². The predicted molar refractivity (Wildman–Crippen MR) is 78.3 cm³/mol. The highest BCUT2D eigenvalue weighted by Crippen LogP contribution is 2.27. The summed E-state index contributed by atoms with van der Waals surface area (Å²) in [6.45, 7) is 5.91. The molecule has 1 aromatic heterocycles. The second-order valence-corrected chi connectivity index (χ2v) is 4.49. The summed E-state index contributed by atoms with van der Waals surface area (Å²) in [5, 5.41) is 3.37. The molecule has 0 amide bonds. The Morgan fingerprint density at radius 3 is 2.74 bits per heavy atom. The highest BCUT2D eigenvalue weighted by Gasteiger charge is 2.07. The molecule has 1 N–H and O–H groups in total. The monoisotopic (exact) mass is 256 g/mol. The summed E-state index contributed by atoms with van der Waals surface area (Å²) in [6.07, 6.45) is 1.85. The van der Waals surface area contributed by atoms with Gasteiger partial charge in [-0.05, 0) is 54.4 Å². The first-order valence-electron chi connectivity index (χ1n) is 6.55. The predicted octanol–water partition coefficient (Wildman–Crippen LogP) is 3.18. The molecule has 0 aliphatic rings. The number of aromatic nitrogens is 1. The first-order valence-corrected chi connectivity index (χ1v) is 6.55. The van der Waals surface area contributed by atoms with E-state index in [1.807, 2.05) is 25.3 Å². The third-order valence-corrected chi connectivity index (χ3v) is 3.09. The fourth-order valence-corrected chi connectivity index (χ4v) is 2.10. The van der Waals surface area contributed by atoms with Crippen molar-refractivity contribution >= 4 is 0 Å². The fourth-order valence-electron chi connectivity index (χ4n) is 2.10. The van der Waals surface area contributed by atoms with Crippen molar-refractivity contribution < 1.29 is 4.74 Å². The highest BCUT2D eigenvalue weighted by molar-refractivity contribution is 5.68. The summed E-state index contributed by atoms with van der Waals surface area (Å²) in [7, 11) is 1.70. The molecule has 0 fully saturated rings. The molecule has 2 rings (SSSR count). The maximum Gasteiger partial charge on any atom is 0.119 e. The fraction of sp³-hybridized carbons (Fsp3) is 0.312. The van der Waals surface area contributed by atoms with Gasteiger partial charge in [-0.1, -0.05) is 13.0 Å². The minimum atomic E-state index is 0.838. The molecule has 0 bridgehead atoms. The van der Waals surface area contributed by atoms with Gasteiger partial charge in [0.25, 0.3) is 0 Å². The van der Waals surface area contributed by atoms with E-state index in [4.69, 9.17) is 4.74 Å². The van der Waals surface area contributed by atoms with Crippen LogP contribution in [0.2, 0.25) is 0 Å². The normalized spacial score (nSPS) is 10.5. The molecule has 0 radical (unpaired) electrons. The van der Waals surface area contributed by atoms with Crippen molar-refractivity contribution in [1.29, 1.82) is 0 Å². The van der Waals surface area contributed by atoms with E-state index >= 15 is 0 Å². The van der Waals surface area contributed by atoms with Crippen LogP contribution >= 0.6 is 0 Å². The lowest BCUT2D eigenvalue weighted by atomic mass is 9.99. The molecule has 0 aliphatic carbocycles. The number of ether oxygens (including phenoxy) is 1. The van der Waals surface area contributed by atoms with Gasteiger partial charge in [-0.3, -0.25) is 4.98 Å². The molecule has 0 saturated carbocycles. The number of hydrogen-bond acceptors (Lipinski definition) is 3. The second kappa shape index (κ2) is 6.34. The van der Waals surface area contributed by atoms with Crippen molar-refractivity contribution in [2.45, 2.75) is 20.4 Å². The molecule has 3 nitrogen and oxygen atoms in total. The highest BCUT2D eigenvalue weighted by atomic mass is 16.5. The molecule has 0 atom stereocenters. The number of benzene rings is 1. The van der Waals surface area contributed by atoms with Crippen LogP contribution < -0.4 is 10.1 Å². The molecule has 100 valence electrons. The number of hydrogen-bond donors (Lipinski definition) is 1. The third-order valence-electron chi connectivity index (χ3n) is 3.09. The number of methoxy groups -OCH3 is 1. The Hall–Kier alpha value is -1.87. The summed E-state index contributed by atoms with van der Waals surface area (Å²) >= 11 is 0. The van der Waals surface area contributed by atoms with E-state index in [0.29, 0.717) is 0 Å². The Labute approximate surface area is 114 Å². The maximum absolute atomic E-state index is 5.31. The van der Waals surface area contributed by atoms with Crippen molar-refractivity contribution in [3.63, 3.8) is 0 Å². The zero-order valence-corrected chi connectivity index (χ0v) is 11.7. The van der Waals surface area contributed by atoms with Crippen molar-refractivity contribution in [2.75, 3.05) is 13.7 Å². The molecule has 0 saturated heterocycles. The number of rotatable bonds is 5. The van der Waals surface area contributed by atoms with Crippen LogP contribution in [0.5, 0.6) is 5.75 Å². The van der Waals surface area contributed by atoms with Crippen molar-refractivity contribution in [3.05, 3.63) is 47.8 Å². The molecule has 0 aliphatic heterocycles. The Kier molecular flexibility index (Phi) is 4.53. The zero-order valence-electron chi connectivity index (χ0n) is 11.7. The van der Waals surface area contributed by atoms with Crippen molar-refractivity contribution in [3.8, 4) is 16.9 Å². The molecule has 1 aromatic carbocycles. The summed E-state index contributed by atoms with van der Waals surface area (Å²) < 4.78 is 5.31. The summed E-state index contributed by atoms with van der Waals surface area (Å²) in [5.41, 5.74) is 4.70. The zero-order chi connectivity index (χ0) is 13.7. The van der Waals surface area contributed by atoms with Gasteiger partial charge in [0.1, 0.15) is 5.75 Å². The van der Waals surface area contributed by atoms with Crippen LogP contribution in [0.1, 0.15) is 18.2 Å². The van der Waals surface area contributed by atoms with Crippen LogP contribution in [0, 0.1) is 6.92 Å². The molecule has 3 heteroatoms. The van der Waals surface area contributed by atoms with E-state index < -0.39 is 0 Å². The minimum absolute atomic E-state index is 0.838. The summed E-state index contributed by atoms with van der Waals surface area (Å²) in [6, 6.07) is 10.4. The van der Waals surface area contributed by atoms with Gasteiger partial charge in [0.2, 0.25) is 0 Å². The number of aryl methyl sites for hydroxylation is 1. The van der Waals surface area contributed by atoms with Gasteiger partial charge in [-0.25, -0.2) is 0 Å². The number of pyridine rings is 1. The van der Waals surface area contributed by atoms with E-state index in [1.165, 1.54) is 16.7 Å². The van der Waals surface area contributed by atoms with Crippen LogP contribution in [-0.2, 0) is 6.54 Å². The summed E-state index contributed by atoms with van der Waals surface area (Å²) in [5.74, 6) is 0.891. The van der Waals surface area contributed by atoms with Gasteiger partial charge in [-0.15, -0.1) is 0 Å². The SMILES string of the molecule is CCNCc1cc(OC)ccc1-c1ccnc(C)c1. The van der Waals surface area contributed by atoms with Crippen LogP contribution in [0.25, 0.3) is 11.1 Å². The number of nitrogens with zero attached hydrogens (tertiary/aromatic N) is 1. The Morgan fingerprint density at radius 2 is 2.05 bits per heavy atom. The lowest BCUT2D eigenvalue weighted by Crippen LogP contribution is -2.12. The summed E-state index contributed by atoms with van der Waals surface area (Å²) in [4.78, 5) is 4.25. The molecule has 1 heterocycles. The Bertz CT molecular complexity index is 552. The molecule has 0 spiro atoms. The van der Waals surface area contributed by atoms with Crippen LogP contribution in [-0.4, -0.2) is 18.6 Å². The van der Waals surface area contributed by atoms with Crippen LogP contribution in [0.3, 0.4) is 0 Å². The first-order chi connectivity index (χ1) is 9.24. The lowest BCUT2D eigenvalue weighted by Gasteiger charge is -2.12. The lowest BCUT2D eigenvalue weighted by molar-refractivity contribution is 0.414. The van der Waals surface area contributed by atoms with Gasteiger partial charge in [-0.2, -0.15) is 0 Å². The van der Waals surface area contributed by atoms with Gasteiger partial charge < -0.3 is 10.1 Å². The van der Waals surface area contributed by atoms with E-state index in [-0.39, 0.29) is 0 Å². The molecular weight excluding hydrogens is 236 g/mol. The Morgan fingerprint density at radius 1 is 1.21 bits per heavy atom. The topological polar surface area (TPSA) is 34.1 Å². The van der Waals surface area contributed by atoms with Gasteiger partial charge in [0.05, 0.1) is 7.11 Å². The van der Waals surface area contributed by atoms with E-state index in [2.05, 4.69) is 35.4 Å². The van der Waals surface area contributed by atoms with E-state index in [1.54, 1.807) is 7.11 Å². The maximum atomic E-state index is 5.31. The van der Waals surface area contributed by atoms with Crippen molar-refractivity contribution in [1.82, 2.24) is 10.3 Å². The molecule has 19 heavy (non-hydrogen) atoms. The second-order valence-electron chi connectivity index (χ2n) is 4.49. The minimum Gasteiger partial charge on any atom is -0.497 e. The average molecular weight is 256 g/mol. The quantitative estimate of drug-likeness (QED) is 0.892. The number of nitrogens with one attached hydrogen (secondary N) is 1. The van der Waals surface area contributed by atoms with Gasteiger partial charge in [0.15, 0.2) is 0 Å². The first kappa shape index (κ1) is 13.6. The Balaban J connectivity index is 2.43. The van der Waals surface area contributed by atoms with Gasteiger partial charge in [0, 0.05) is 18.4 Å². The van der Waals surface area contributed by atoms with Crippen LogP contribution in [0.4, 0.5) is 0 Å². The van der Waals surface area contributed by atoms with E-state index in [9.17, 15) is 0 Å². The average Bonchev–Trinajstić information content (AvgIpc) is 2.44. The molecule has 2 aromatic rings. The molecule has 0 unspecified atom stereocenters. The third kappa shape index (κ3) is 3.32. The van der Waals surface area contributed by atoms with Crippen LogP contribution in [0.15, 0.2) is 36.5 Å². The van der Waals surface area contributed by atoms with E-state index in [0.717, 1.165) is 24.5 Å². The standard InChI is InChI=1S/C16H20N2O/c1-4-17-11-14-10-15(19-3)5-6-16(14)13-7-8-18-12(2)9-13/h5-10,17H,4,11H2,1-3H3. The molecular formula is C16H20N2O.